The second kappa shape index (κ2) is 4.81. The first-order valence-corrected chi connectivity index (χ1v) is 6.32. The maximum Gasteiger partial charge on any atom is 0.148 e. The summed E-state index contributed by atoms with van der Waals surface area (Å²) in [4.78, 5) is 4.53. The molecule has 20 heavy (non-hydrogen) atoms. The van der Waals surface area contributed by atoms with Crippen molar-refractivity contribution in [1.29, 1.82) is 0 Å². The van der Waals surface area contributed by atoms with Gasteiger partial charge in [-0.15, -0.1) is 0 Å². The van der Waals surface area contributed by atoms with Crippen molar-refractivity contribution >= 4 is 28.0 Å². The molecule has 0 aliphatic rings. The molecule has 0 bridgehead atoms. The molecule has 3 aromatic rings. The summed E-state index contributed by atoms with van der Waals surface area (Å²) in [6, 6.07) is 14.5. The first-order valence-electron chi connectivity index (χ1n) is 6.32. The highest BCUT2D eigenvalue weighted by Crippen LogP contribution is 2.29. The Bertz CT molecular complexity index is 784. The zero-order valence-electron chi connectivity index (χ0n) is 11.0. The average Bonchev–Trinajstić information content (AvgIpc) is 2.44. The van der Waals surface area contributed by atoms with E-state index in [0.717, 1.165) is 22.3 Å². The molecule has 0 radical (unpaired) electrons. The predicted octanol–water partition coefficient (Wildman–Crippen LogP) is 4.01. The van der Waals surface area contributed by atoms with Crippen LogP contribution in [-0.2, 0) is 0 Å². The number of halogens is 1. The Morgan fingerprint density at radius 2 is 1.75 bits per heavy atom. The van der Waals surface area contributed by atoms with Crippen LogP contribution in [0.5, 0.6) is 0 Å². The second-order valence-electron chi connectivity index (χ2n) is 4.66. The van der Waals surface area contributed by atoms with Gasteiger partial charge in [-0.05, 0) is 31.2 Å². The molecule has 0 unspecified atom stereocenters. The largest absolute Gasteiger partial charge is 0.395 e. The molecule has 3 N–H and O–H groups in total. The maximum absolute atomic E-state index is 13.5. The fourth-order valence-corrected chi connectivity index (χ4v) is 2.14. The monoisotopic (exact) mass is 267 g/mol. The summed E-state index contributed by atoms with van der Waals surface area (Å²) in [7, 11) is 0. The third-order valence-electron chi connectivity index (χ3n) is 3.18. The number of aromatic nitrogens is 1. The van der Waals surface area contributed by atoms with Crippen molar-refractivity contribution in [2.24, 2.45) is 0 Å². The highest BCUT2D eigenvalue weighted by molar-refractivity contribution is 5.93. The topological polar surface area (TPSA) is 50.9 Å². The van der Waals surface area contributed by atoms with Gasteiger partial charge in [-0.2, -0.15) is 0 Å². The van der Waals surface area contributed by atoms with E-state index in [1.54, 1.807) is 12.1 Å². The first kappa shape index (κ1) is 12.4. The Balaban J connectivity index is 2.11. The van der Waals surface area contributed by atoms with Crippen LogP contribution in [0.25, 0.3) is 10.9 Å². The molecule has 0 saturated carbocycles. The van der Waals surface area contributed by atoms with Crippen LogP contribution in [0.1, 0.15) is 5.69 Å². The summed E-state index contributed by atoms with van der Waals surface area (Å²) in [6.45, 7) is 1.94. The Morgan fingerprint density at radius 3 is 2.60 bits per heavy atom. The summed E-state index contributed by atoms with van der Waals surface area (Å²) < 4.78 is 13.5. The van der Waals surface area contributed by atoms with Crippen molar-refractivity contribution in [2.45, 2.75) is 6.92 Å². The van der Waals surface area contributed by atoms with Crippen LogP contribution in [-0.4, -0.2) is 4.98 Å². The van der Waals surface area contributed by atoms with Crippen LogP contribution in [0.2, 0.25) is 0 Å². The fourth-order valence-electron chi connectivity index (χ4n) is 2.14. The molecule has 0 aliphatic heterocycles. The molecular weight excluding hydrogens is 253 g/mol. The maximum atomic E-state index is 13.5. The lowest BCUT2D eigenvalue weighted by molar-refractivity contribution is 0.633. The third-order valence-corrected chi connectivity index (χ3v) is 3.18. The van der Waals surface area contributed by atoms with E-state index >= 15 is 0 Å². The van der Waals surface area contributed by atoms with Gasteiger partial charge in [-0.25, -0.2) is 4.39 Å². The van der Waals surface area contributed by atoms with Crippen molar-refractivity contribution in [2.75, 3.05) is 11.1 Å². The number of fused-ring (bicyclic) bond motifs is 1. The number of nitrogens with zero attached hydrogens (tertiary/aromatic N) is 1. The van der Waals surface area contributed by atoms with E-state index in [2.05, 4.69) is 10.3 Å². The number of para-hydroxylation sites is 2. The molecule has 0 atom stereocenters. The highest BCUT2D eigenvalue weighted by atomic mass is 19.1. The number of anilines is 3. The number of benzene rings is 2. The van der Waals surface area contributed by atoms with E-state index in [1.807, 2.05) is 37.3 Å². The molecule has 2 aromatic carbocycles. The van der Waals surface area contributed by atoms with Gasteiger partial charge in [-0.3, -0.25) is 4.98 Å². The molecule has 0 saturated heterocycles. The molecule has 4 heteroatoms. The summed E-state index contributed by atoms with van der Waals surface area (Å²) in [6.07, 6.45) is 0. The molecule has 0 amide bonds. The van der Waals surface area contributed by atoms with E-state index in [9.17, 15) is 4.39 Å². The normalized spacial score (nSPS) is 10.7. The van der Waals surface area contributed by atoms with Crippen LogP contribution in [0.15, 0.2) is 48.5 Å². The lowest BCUT2D eigenvalue weighted by Gasteiger charge is -2.12. The van der Waals surface area contributed by atoms with Crippen LogP contribution < -0.4 is 11.1 Å². The van der Waals surface area contributed by atoms with Gasteiger partial charge in [0.25, 0.3) is 0 Å². The first-order chi connectivity index (χ1) is 9.65. The van der Waals surface area contributed by atoms with Crippen molar-refractivity contribution in [3.63, 3.8) is 0 Å². The predicted molar refractivity (Wildman–Crippen MR) is 80.6 cm³/mol. The Kier molecular flexibility index (Phi) is 2.99. The van der Waals surface area contributed by atoms with Gasteiger partial charge in [0, 0.05) is 11.1 Å². The number of nitrogens with two attached hydrogens (primary N) is 1. The van der Waals surface area contributed by atoms with Crippen molar-refractivity contribution in [3.8, 4) is 0 Å². The molecule has 0 fully saturated rings. The smallest absolute Gasteiger partial charge is 0.148 e. The number of nitrogens with one attached hydrogen (secondary N) is 1. The molecule has 3 rings (SSSR count). The number of aryl methyl sites for hydroxylation is 1. The van der Waals surface area contributed by atoms with Crippen LogP contribution in [0.4, 0.5) is 21.5 Å². The molecular formula is C16H14FN3. The summed E-state index contributed by atoms with van der Waals surface area (Å²) in [5.41, 5.74) is 8.98. The highest BCUT2D eigenvalue weighted by Gasteiger charge is 2.07. The van der Waals surface area contributed by atoms with Crippen molar-refractivity contribution in [3.05, 3.63) is 60.0 Å². The zero-order valence-corrected chi connectivity index (χ0v) is 11.0. The molecule has 0 aliphatic carbocycles. The van der Waals surface area contributed by atoms with Gasteiger partial charge < -0.3 is 11.1 Å². The Hall–Kier alpha value is -2.62. The Labute approximate surface area is 116 Å². The van der Waals surface area contributed by atoms with E-state index < -0.39 is 5.82 Å². The lowest BCUT2D eigenvalue weighted by Crippen LogP contribution is -2.00. The lowest BCUT2D eigenvalue weighted by atomic mass is 10.1. The zero-order chi connectivity index (χ0) is 14.1. The van der Waals surface area contributed by atoms with Crippen LogP contribution in [0, 0.1) is 12.7 Å². The SMILES string of the molecule is Cc1ccc2cccc(Nc3cccc(F)c3N)c2n1. The van der Waals surface area contributed by atoms with Gasteiger partial charge >= 0.3 is 0 Å². The van der Waals surface area contributed by atoms with Gasteiger partial charge in [0.2, 0.25) is 0 Å². The molecule has 0 spiro atoms. The van der Waals surface area contributed by atoms with Gasteiger partial charge in [0.15, 0.2) is 0 Å². The Morgan fingerprint density at radius 1 is 1.00 bits per heavy atom. The number of pyridine rings is 1. The number of hydrogen-bond acceptors (Lipinski definition) is 3. The fraction of sp³-hybridized carbons (Fsp3) is 0.0625. The van der Waals surface area contributed by atoms with E-state index in [-0.39, 0.29) is 5.69 Å². The van der Waals surface area contributed by atoms with Gasteiger partial charge in [0.1, 0.15) is 5.82 Å². The van der Waals surface area contributed by atoms with Crippen molar-refractivity contribution in [1.82, 2.24) is 4.98 Å². The number of rotatable bonds is 2. The average molecular weight is 267 g/mol. The quantitative estimate of drug-likeness (QED) is 0.690. The van der Waals surface area contributed by atoms with Gasteiger partial charge in [0.05, 0.1) is 22.6 Å². The standard InChI is InChI=1S/C16H14FN3/c1-10-8-9-11-4-2-7-14(16(11)19-10)20-13-6-3-5-12(17)15(13)18/h2-9,20H,18H2,1H3. The van der Waals surface area contributed by atoms with Crippen LogP contribution in [0.3, 0.4) is 0 Å². The summed E-state index contributed by atoms with van der Waals surface area (Å²) in [5.74, 6) is -0.431. The third kappa shape index (κ3) is 2.16. The molecule has 1 heterocycles. The number of hydrogen-bond donors (Lipinski definition) is 2. The minimum Gasteiger partial charge on any atom is -0.395 e. The van der Waals surface area contributed by atoms with E-state index in [4.69, 9.17) is 5.73 Å². The van der Waals surface area contributed by atoms with Crippen LogP contribution >= 0.6 is 0 Å². The molecule has 1 aromatic heterocycles. The second-order valence-corrected chi connectivity index (χ2v) is 4.66. The van der Waals surface area contributed by atoms with E-state index in [1.165, 1.54) is 6.07 Å². The minimum absolute atomic E-state index is 0.108. The molecule has 100 valence electrons. The summed E-state index contributed by atoms with van der Waals surface area (Å²) >= 11 is 0. The number of nitrogen functional groups attached to an aromatic ring is 1. The van der Waals surface area contributed by atoms with Gasteiger partial charge in [-0.1, -0.05) is 24.3 Å². The van der Waals surface area contributed by atoms with Crippen molar-refractivity contribution < 1.29 is 4.39 Å². The molecule has 3 nitrogen and oxygen atoms in total. The minimum atomic E-state index is -0.431. The van der Waals surface area contributed by atoms with E-state index in [0.29, 0.717) is 5.69 Å². The summed E-state index contributed by atoms with van der Waals surface area (Å²) in [5, 5.41) is 4.18.